The Kier molecular flexibility index (Phi) is 1.91. The molecule has 0 fully saturated rings. The Labute approximate surface area is 92.2 Å². The summed E-state index contributed by atoms with van der Waals surface area (Å²) in [5.74, 6) is 0.575. The van der Waals surface area contributed by atoms with Gasteiger partial charge in [0.25, 0.3) is 0 Å². The molecular weight excluding hydrogens is 202 g/mol. The van der Waals surface area contributed by atoms with Gasteiger partial charge in [-0.15, -0.1) is 10.2 Å². The third kappa shape index (κ3) is 1.20. The number of fused-ring (bicyclic) bond motifs is 3. The van der Waals surface area contributed by atoms with E-state index in [2.05, 4.69) is 28.4 Å². The summed E-state index contributed by atoms with van der Waals surface area (Å²) in [5.41, 5.74) is 2.98. The van der Waals surface area contributed by atoms with Crippen molar-refractivity contribution >= 4 is 16.6 Å². The fourth-order valence-electron chi connectivity index (χ4n) is 1.96. The van der Waals surface area contributed by atoms with Crippen LogP contribution in [0.2, 0.25) is 0 Å². The molecule has 1 aromatic carbocycles. The topological polar surface area (TPSA) is 50.4 Å². The first-order chi connectivity index (χ1) is 7.79. The van der Waals surface area contributed by atoms with Crippen LogP contribution in [0, 0.1) is 6.92 Å². The molecule has 2 heterocycles. The van der Waals surface area contributed by atoms with Crippen LogP contribution in [0.1, 0.15) is 11.4 Å². The Balaban J connectivity index is 2.54. The molecule has 0 atom stereocenters. The summed E-state index contributed by atoms with van der Waals surface area (Å²) in [6.07, 6.45) is 0. The second-order valence-electron chi connectivity index (χ2n) is 3.86. The van der Waals surface area contributed by atoms with Crippen molar-refractivity contribution in [3.8, 4) is 0 Å². The Hall–Kier alpha value is -1.94. The molecule has 0 saturated heterocycles. The first kappa shape index (κ1) is 9.30. The number of aliphatic hydroxyl groups excluding tert-OH is 1. The van der Waals surface area contributed by atoms with Crippen LogP contribution in [0.3, 0.4) is 0 Å². The molecule has 0 amide bonds. The Bertz CT molecular complexity index is 672. The molecule has 3 aromatic rings. The molecule has 0 aliphatic carbocycles. The third-order valence-corrected chi connectivity index (χ3v) is 2.74. The lowest BCUT2D eigenvalue weighted by Crippen LogP contribution is -1.96. The number of aryl methyl sites for hydroxylation is 1. The number of aliphatic hydroxyl groups is 1. The molecule has 0 aliphatic heterocycles. The number of hydrogen-bond acceptors (Lipinski definition) is 3. The standard InChI is InChI=1S/C12H11N3O/c1-8-2-3-9-4-5-11-13-14-12(7-16)15(11)10(9)6-8/h2-6,16H,7H2,1H3. The highest BCUT2D eigenvalue weighted by molar-refractivity contribution is 5.82. The lowest BCUT2D eigenvalue weighted by Gasteiger charge is -2.04. The van der Waals surface area contributed by atoms with Crippen LogP contribution in [0.25, 0.3) is 16.6 Å². The van der Waals surface area contributed by atoms with Gasteiger partial charge in [0.2, 0.25) is 0 Å². The highest BCUT2D eigenvalue weighted by Gasteiger charge is 2.07. The van der Waals surface area contributed by atoms with Gasteiger partial charge in [-0.2, -0.15) is 0 Å². The molecule has 2 aromatic heterocycles. The molecule has 0 aliphatic rings. The summed E-state index contributed by atoms with van der Waals surface area (Å²) in [6.45, 7) is 1.94. The van der Waals surface area contributed by atoms with Gasteiger partial charge in [0.1, 0.15) is 6.61 Å². The van der Waals surface area contributed by atoms with Crippen LogP contribution in [-0.4, -0.2) is 19.7 Å². The first-order valence-electron chi connectivity index (χ1n) is 5.14. The number of aromatic nitrogens is 3. The zero-order chi connectivity index (χ0) is 11.1. The van der Waals surface area contributed by atoms with Crippen molar-refractivity contribution in [1.82, 2.24) is 14.6 Å². The van der Waals surface area contributed by atoms with Crippen LogP contribution < -0.4 is 0 Å². The normalized spacial score (nSPS) is 11.4. The van der Waals surface area contributed by atoms with Crippen LogP contribution in [-0.2, 0) is 6.61 Å². The van der Waals surface area contributed by atoms with Gasteiger partial charge < -0.3 is 5.11 Å². The SMILES string of the molecule is Cc1ccc2ccc3nnc(CO)n3c2c1. The van der Waals surface area contributed by atoms with Gasteiger partial charge >= 0.3 is 0 Å². The lowest BCUT2D eigenvalue weighted by atomic mass is 10.1. The van der Waals surface area contributed by atoms with Gasteiger partial charge in [0.15, 0.2) is 11.5 Å². The monoisotopic (exact) mass is 213 g/mol. The fraction of sp³-hybridized carbons (Fsp3) is 0.167. The van der Waals surface area contributed by atoms with Crippen molar-refractivity contribution in [2.24, 2.45) is 0 Å². The maximum atomic E-state index is 9.23. The van der Waals surface area contributed by atoms with Crippen molar-refractivity contribution in [1.29, 1.82) is 0 Å². The smallest absolute Gasteiger partial charge is 0.163 e. The van der Waals surface area contributed by atoms with Gasteiger partial charge in [-0.05, 0) is 36.1 Å². The van der Waals surface area contributed by atoms with E-state index >= 15 is 0 Å². The summed E-state index contributed by atoms with van der Waals surface area (Å²) in [6, 6.07) is 10.1. The molecule has 0 unspecified atom stereocenters. The highest BCUT2D eigenvalue weighted by Crippen LogP contribution is 2.18. The molecular formula is C12H11N3O. The van der Waals surface area contributed by atoms with E-state index in [1.165, 1.54) is 5.56 Å². The van der Waals surface area contributed by atoms with Crippen molar-refractivity contribution in [2.75, 3.05) is 0 Å². The largest absolute Gasteiger partial charge is 0.388 e. The van der Waals surface area contributed by atoms with Crippen molar-refractivity contribution in [3.05, 3.63) is 41.7 Å². The molecule has 3 rings (SSSR count). The Morgan fingerprint density at radius 3 is 2.81 bits per heavy atom. The predicted molar refractivity (Wildman–Crippen MR) is 61.2 cm³/mol. The number of rotatable bonds is 1. The number of benzene rings is 1. The van der Waals surface area contributed by atoms with E-state index in [9.17, 15) is 5.11 Å². The van der Waals surface area contributed by atoms with Gasteiger partial charge in [-0.25, -0.2) is 0 Å². The molecule has 0 bridgehead atoms. The average molecular weight is 213 g/mol. The minimum atomic E-state index is -0.103. The molecule has 4 nitrogen and oxygen atoms in total. The van der Waals surface area contributed by atoms with Crippen molar-refractivity contribution in [3.63, 3.8) is 0 Å². The van der Waals surface area contributed by atoms with Crippen LogP contribution in [0.5, 0.6) is 0 Å². The number of hydrogen-bond donors (Lipinski definition) is 1. The van der Waals surface area contributed by atoms with E-state index in [-0.39, 0.29) is 6.61 Å². The Morgan fingerprint density at radius 2 is 2.00 bits per heavy atom. The van der Waals surface area contributed by atoms with Crippen molar-refractivity contribution < 1.29 is 5.11 Å². The highest BCUT2D eigenvalue weighted by atomic mass is 16.3. The minimum Gasteiger partial charge on any atom is -0.388 e. The Morgan fingerprint density at radius 1 is 1.19 bits per heavy atom. The van der Waals surface area contributed by atoms with E-state index in [4.69, 9.17) is 0 Å². The van der Waals surface area contributed by atoms with E-state index in [1.54, 1.807) is 0 Å². The molecule has 4 heteroatoms. The molecule has 0 spiro atoms. The summed E-state index contributed by atoms with van der Waals surface area (Å²) in [4.78, 5) is 0. The maximum absolute atomic E-state index is 9.23. The molecule has 80 valence electrons. The summed E-state index contributed by atoms with van der Waals surface area (Å²) in [7, 11) is 0. The second kappa shape index (κ2) is 3.28. The summed E-state index contributed by atoms with van der Waals surface area (Å²) >= 11 is 0. The average Bonchev–Trinajstić information content (AvgIpc) is 2.72. The van der Waals surface area contributed by atoms with E-state index < -0.39 is 0 Å². The summed E-state index contributed by atoms with van der Waals surface area (Å²) < 4.78 is 1.89. The van der Waals surface area contributed by atoms with Crippen molar-refractivity contribution in [2.45, 2.75) is 13.5 Å². The summed E-state index contributed by atoms with van der Waals surface area (Å²) in [5, 5.41) is 18.3. The molecule has 0 radical (unpaired) electrons. The van der Waals surface area contributed by atoms with Crippen LogP contribution in [0.15, 0.2) is 30.3 Å². The van der Waals surface area contributed by atoms with E-state index in [1.807, 2.05) is 23.5 Å². The van der Waals surface area contributed by atoms with Crippen LogP contribution >= 0.6 is 0 Å². The second-order valence-corrected chi connectivity index (χ2v) is 3.86. The maximum Gasteiger partial charge on any atom is 0.163 e. The molecule has 1 N–H and O–H groups in total. The zero-order valence-electron chi connectivity index (χ0n) is 8.88. The number of pyridine rings is 1. The molecule has 0 saturated carbocycles. The van der Waals surface area contributed by atoms with E-state index in [0.717, 1.165) is 16.6 Å². The van der Waals surface area contributed by atoms with Gasteiger partial charge in [0, 0.05) is 0 Å². The fourth-order valence-corrected chi connectivity index (χ4v) is 1.96. The minimum absolute atomic E-state index is 0.103. The quantitative estimate of drug-likeness (QED) is 0.669. The predicted octanol–water partition coefficient (Wildman–Crippen LogP) is 1.68. The van der Waals surface area contributed by atoms with Gasteiger partial charge in [-0.1, -0.05) is 12.1 Å². The molecule has 16 heavy (non-hydrogen) atoms. The van der Waals surface area contributed by atoms with E-state index in [0.29, 0.717) is 5.82 Å². The first-order valence-corrected chi connectivity index (χ1v) is 5.14. The third-order valence-electron chi connectivity index (χ3n) is 2.74. The van der Waals surface area contributed by atoms with Crippen LogP contribution in [0.4, 0.5) is 0 Å². The van der Waals surface area contributed by atoms with Gasteiger partial charge in [0.05, 0.1) is 5.52 Å². The lowest BCUT2D eigenvalue weighted by molar-refractivity contribution is 0.270. The van der Waals surface area contributed by atoms with Gasteiger partial charge in [-0.3, -0.25) is 4.40 Å². The number of nitrogens with zero attached hydrogens (tertiary/aromatic N) is 3. The zero-order valence-corrected chi connectivity index (χ0v) is 8.88.